The van der Waals surface area contributed by atoms with Crippen molar-refractivity contribution >= 4 is 17.4 Å². The minimum absolute atomic E-state index is 0.162. The fraction of sp³-hybridized carbons (Fsp3) is 0.455. The molecule has 16 heavy (non-hydrogen) atoms. The quantitative estimate of drug-likeness (QED) is 0.573. The maximum atomic E-state index is 12.2. The fourth-order valence-electron chi connectivity index (χ4n) is 1.27. The van der Waals surface area contributed by atoms with E-state index in [1.54, 1.807) is 18.2 Å². The molecule has 1 rings (SSSR count). The topological polar surface area (TPSA) is 32.3 Å². The molecule has 0 radical (unpaired) electrons. The van der Waals surface area contributed by atoms with Crippen LogP contribution in [0.25, 0.3) is 0 Å². The largest absolute Gasteiger partial charge is 0.396 e. The number of anilines is 1. The van der Waals surface area contributed by atoms with E-state index in [1.807, 2.05) is 6.07 Å². The van der Waals surface area contributed by atoms with E-state index in [2.05, 4.69) is 5.32 Å². The summed E-state index contributed by atoms with van der Waals surface area (Å²) in [6.07, 6.45) is 1.54. The van der Waals surface area contributed by atoms with Crippen LogP contribution in [0.2, 0.25) is 0 Å². The van der Waals surface area contributed by atoms with Crippen LogP contribution < -0.4 is 5.32 Å². The molecule has 0 heterocycles. The Hall–Kier alpha value is -0.810. The summed E-state index contributed by atoms with van der Waals surface area (Å²) in [7, 11) is 0. The van der Waals surface area contributed by atoms with Crippen molar-refractivity contribution in [1.82, 2.24) is 0 Å². The van der Waals surface area contributed by atoms with Gasteiger partial charge in [0.1, 0.15) is 0 Å². The van der Waals surface area contributed by atoms with Crippen LogP contribution in [0.5, 0.6) is 0 Å². The van der Waals surface area contributed by atoms with Gasteiger partial charge in [-0.1, -0.05) is 23.9 Å². The molecular weight excluding hydrogens is 232 g/mol. The monoisotopic (exact) mass is 247 g/mol. The first-order valence-electron chi connectivity index (χ1n) is 5.12. The van der Waals surface area contributed by atoms with Crippen molar-refractivity contribution in [3.63, 3.8) is 0 Å². The van der Waals surface area contributed by atoms with Crippen LogP contribution in [0, 0.1) is 0 Å². The highest BCUT2D eigenvalue weighted by atomic mass is 32.2. The number of benzene rings is 1. The zero-order valence-corrected chi connectivity index (χ0v) is 9.64. The summed E-state index contributed by atoms with van der Waals surface area (Å²) in [5, 5.41) is 11.7. The normalized spacial score (nSPS) is 10.8. The highest BCUT2D eigenvalue weighted by Crippen LogP contribution is 2.31. The number of aliphatic hydroxyl groups excluding tert-OH is 1. The molecule has 1 aromatic rings. The highest BCUT2D eigenvalue weighted by molar-refractivity contribution is 7.99. The lowest BCUT2D eigenvalue weighted by Gasteiger charge is -2.10. The Balaban J connectivity index is 2.50. The minimum Gasteiger partial charge on any atom is -0.396 e. The molecule has 0 aliphatic carbocycles. The Morgan fingerprint density at radius 2 is 2.00 bits per heavy atom. The summed E-state index contributed by atoms with van der Waals surface area (Å²) in [5.74, 6) is -2.40. The van der Waals surface area contributed by atoms with Crippen LogP contribution in [0.15, 0.2) is 29.2 Å². The predicted molar refractivity (Wildman–Crippen MR) is 63.1 cm³/mol. The van der Waals surface area contributed by atoms with E-state index in [0.717, 1.165) is 18.5 Å². The molecule has 1 aromatic carbocycles. The van der Waals surface area contributed by atoms with E-state index < -0.39 is 5.76 Å². The van der Waals surface area contributed by atoms with Gasteiger partial charge < -0.3 is 10.4 Å². The van der Waals surface area contributed by atoms with E-state index in [1.165, 1.54) is 0 Å². The van der Waals surface area contributed by atoms with Crippen LogP contribution in [0.3, 0.4) is 0 Å². The Labute approximate surface area is 98.1 Å². The molecule has 2 nitrogen and oxygen atoms in total. The van der Waals surface area contributed by atoms with Gasteiger partial charge in [0.25, 0.3) is 5.76 Å². The molecule has 0 bridgehead atoms. The Morgan fingerprint density at radius 1 is 1.25 bits per heavy atom. The number of unbranched alkanes of at least 4 members (excludes halogenated alkanes) is 1. The summed E-state index contributed by atoms with van der Waals surface area (Å²) in [6, 6.07) is 7.00. The number of aliphatic hydroxyl groups is 1. The molecule has 0 saturated carbocycles. The predicted octanol–water partition coefficient (Wildman–Crippen LogP) is 3.19. The Bertz CT molecular complexity index is 310. The van der Waals surface area contributed by atoms with Gasteiger partial charge in [0.05, 0.1) is 0 Å². The van der Waals surface area contributed by atoms with E-state index in [-0.39, 0.29) is 6.61 Å². The van der Waals surface area contributed by atoms with Gasteiger partial charge in [-0.25, -0.2) is 0 Å². The van der Waals surface area contributed by atoms with Gasteiger partial charge in [-0.05, 0) is 25.0 Å². The molecule has 5 heteroatoms. The average Bonchev–Trinajstić information content (AvgIpc) is 2.26. The van der Waals surface area contributed by atoms with Gasteiger partial charge in [0, 0.05) is 23.7 Å². The SMILES string of the molecule is OCCCCNc1ccccc1SC(F)F. The van der Waals surface area contributed by atoms with Gasteiger partial charge in [0.15, 0.2) is 0 Å². The Morgan fingerprint density at radius 3 is 2.69 bits per heavy atom. The van der Waals surface area contributed by atoms with Crippen LogP contribution >= 0.6 is 11.8 Å². The summed E-state index contributed by atoms with van der Waals surface area (Å²) < 4.78 is 24.5. The summed E-state index contributed by atoms with van der Waals surface area (Å²) in [5.41, 5.74) is 0.728. The minimum atomic E-state index is -2.40. The first-order valence-corrected chi connectivity index (χ1v) is 6.00. The standard InChI is InChI=1S/C11H15F2NOS/c12-11(13)16-10-6-2-1-5-9(10)14-7-3-4-8-15/h1-2,5-6,11,14-15H,3-4,7-8H2. The molecule has 0 unspecified atom stereocenters. The second kappa shape index (κ2) is 7.46. The number of thioether (sulfide) groups is 1. The molecule has 0 amide bonds. The van der Waals surface area contributed by atoms with E-state index in [9.17, 15) is 8.78 Å². The van der Waals surface area contributed by atoms with Crippen LogP contribution in [-0.4, -0.2) is 24.0 Å². The maximum absolute atomic E-state index is 12.2. The smallest absolute Gasteiger partial charge is 0.288 e. The fourth-order valence-corrected chi connectivity index (χ4v) is 1.89. The second-order valence-electron chi connectivity index (χ2n) is 3.23. The van der Waals surface area contributed by atoms with Gasteiger partial charge >= 0.3 is 0 Å². The molecule has 0 fully saturated rings. The van der Waals surface area contributed by atoms with Gasteiger partial charge in [-0.3, -0.25) is 0 Å². The third-order valence-electron chi connectivity index (χ3n) is 2.00. The molecule has 0 atom stereocenters. The van der Waals surface area contributed by atoms with Crippen molar-refractivity contribution < 1.29 is 13.9 Å². The lowest BCUT2D eigenvalue weighted by atomic mass is 10.3. The Kier molecular flexibility index (Phi) is 6.18. The average molecular weight is 247 g/mol. The molecule has 0 aliphatic heterocycles. The maximum Gasteiger partial charge on any atom is 0.288 e. The molecule has 90 valence electrons. The number of rotatable bonds is 7. The number of halogens is 2. The number of hydrogen-bond acceptors (Lipinski definition) is 3. The molecule has 0 spiro atoms. The zero-order chi connectivity index (χ0) is 11.8. The zero-order valence-electron chi connectivity index (χ0n) is 8.83. The number of para-hydroxylation sites is 1. The summed E-state index contributed by atoms with van der Waals surface area (Å²) in [6.45, 7) is 0.844. The molecular formula is C11H15F2NOS. The lowest BCUT2D eigenvalue weighted by molar-refractivity contribution is 0.252. The van der Waals surface area contributed by atoms with E-state index in [0.29, 0.717) is 23.2 Å². The summed E-state index contributed by atoms with van der Waals surface area (Å²) in [4.78, 5) is 0.557. The van der Waals surface area contributed by atoms with Gasteiger partial charge in [-0.15, -0.1) is 0 Å². The van der Waals surface area contributed by atoms with Crippen LogP contribution in [0.1, 0.15) is 12.8 Å². The number of nitrogens with one attached hydrogen (secondary N) is 1. The van der Waals surface area contributed by atoms with Crippen molar-refractivity contribution in [3.05, 3.63) is 24.3 Å². The van der Waals surface area contributed by atoms with Crippen molar-refractivity contribution in [2.45, 2.75) is 23.5 Å². The van der Waals surface area contributed by atoms with Crippen molar-refractivity contribution in [3.8, 4) is 0 Å². The number of hydrogen-bond donors (Lipinski definition) is 2. The first kappa shape index (κ1) is 13.3. The first-order chi connectivity index (χ1) is 7.74. The third kappa shape index (κ3) is 4.81. The van der Waals surface area contributed by atoms with E-state index in [4.69, 9.17) is 5.11 Å². The molecule has 0 aliphatic rings. The van der Waals surface area contributed by atoms with Crippen molar-refractivity contribution in [2.24, 2.45) is 0 Å². The van der Waals surface area contributed by atoms with Gasteiger partial charge in [-0.2, -0.15) is 8.78 Å². The molecule has 0 saturated heterocycles. The lowest BCUT2D eigenvalue weighted by Crippen LogP contribution is -2.03. The summed E-state index contributed by atoms with van der Waals surface area (Å²) >= 11 is 0.544. The number of alkyl halides is 2. The van der Waals surface area contributed by atoms with Crippen LogP contribution in [-0.2, 0) is 0 Å². The third-order valence-corrected chi connectivity index (χ3v) is 2.79. The van der Waals surface area contributed by atoms with Gasteiger partial charge in [0.2, 0.25) is 0 Å². The highest BCUT2D eigenvalue weighted by Gasteiger charge is 2.08. The molecule has 0 aromatic heterocycles. The van der Waals surface area contributed by atoms with Crippen LogP contribution in [0.4, 0.5) is 14.5 Å². The second-order valence-corrected chi connectivity index (χ2v) is 4.26. The van der Waals surface area contributed by atoms with E-state index >= 15 is 0 Å². The van der Waals surface area contributed by atoms with Crippen molar-refractivity contribution in [2.75, 3.05) is 18.5 Å². The van der Waals surface area contributed by atoms with Crippen molar-refractivity contribution in [1.29, 1.82) is 0 Å². The molecule has 2 N–H and O–H groups in total.